The van der Waals surface area contributed by atoms with Gasteiger partial charge in [0, 0.05) is 6.42 Å². The molecule has 1 rings (SSSR count). The van der Waals surface area contributed by atoms with Gasteiger partial charge in [-0.25, -0.2) is 13.1 Å². The van der Waals surface area contributed by atoms with Crippen LogP contribution in [0.15, 0.2) is 23.1 Å². The first-order chi connectivity index (χ1) is 10.8. The van der Waals surface area contributed by atoms with Gasteiger partial charge in [-0.1, -0.05) is 32.9 Å². The van der Waals surface area contributed by atoms with Crippen LogP contribution in [0.5, 0.6) is 0 Å². The largest absolute Gasteiger partial charge is 0.548 e. The van der Waals surface area contributed by atoms with E-state index in [0.29, 0.717) is 5.56 Å². The Morgan fingerprint density at radius 3 is 2.33 bits per heavy atom. The molecule has 0 radical (unpaired) electrons. The summed E-state index contributed by atoms with van der Waals surface area (Å²) in [6.45, 7) is 7.45. The zero-order valence-electron chi connectivity index (χ0n) is 14.3. The zero-order chi connectivity index (χ0) is 18.7. The Balaban J connectivity index is 3.19. The second kappa shape index (κ2) is 7.31. The number of primary amides is 1. The van der Waals surface area contributed by atoms with Crippen molar-refractivity contribution in [2.75, 3.05) is 0 Å². The summed E-state index contributed by atoms with van der Waals surface area (Å²) in [5.74, 6) is -2.32. The Kier molecular flexibility index (Phi) is 6.13. The van der Waals surface area contributed by atoms with Crippen LogP contribution in [-0.4, -0.2) is 26.3 Å². The highest BCUT2D eigenvalue weighted by Crippen LogP contribution is 2.26. The van der Waals surface area contributed by atoms with Crippen molar-refractivity contribution in [2.45, 2.75) is 56.9 Å². The van der Waals surface area contributed by atoms with Crippen molar-refractivity contribution in [1.29, 1.82) is 0 Å². The number of nitrogens with one attached hydrogen (secondary N) is 1. The standard InChI is InChI=1S/C16H24N2O5S/c1-10-5-6-11(16(2,3)4)9-13(10)24(22,23)18-12(15(20)21)7-8-14(17)19/h5-6,9,12,18H,7-8H2,1-4H3,(H2,17,19)(H,20,21)/p-1/t12-/m0/s1. The van der Waals surface area contributed by atoms with Crippen molar-refractivity contribution in [3.8, 4) is 0 Å². The van der Waals surface area contributed by atoms with Crippen LogP contribution < -0.4 is 15.6 Å². The highest BCUT2D eigenvalue weighted by Gasteiger charge is 2.25. The monoisotopic (exact) mass is 355 g/mol. The first kappa shape index (κ1) is 20.1. The van der Waals surface area contributed by atoms with E-state index in [-0.39, 0.29) is 23.2 Å². The van der Waals surface area contributed by atoms with Gasteiger partial charge >= 0.3 is 0 Å². The molecular weight excluding hydrogens is 332 g/mol. The maximum absolute atomic E-state index is 12.6. The van der Waals surface area contributed by atoms with E-state index in [1.54, 1.807) is 13.0 Å². The van der Waals surface area contributed by atoms with E-state index in [9.17, 15) is 23.1 Å². The number of aliphatic carboxylic acids is 1. The first-order valence-corrected chi connectivity index (χ1v) is 8.95. The highest BCUT2D eigenvalue weighted by molar-refractivity contribution is 7.89. The third-order valence-corrected chi connectivity index (χ3v) is 5.22. The molecule has 1 amide bonds. The minimum absolute atomic E-state index is 0.000231. The van der Waals surface area contributed by atoms with Gasteiger partial charge < -0.3 is 15.6 Å². The molecule has 24 heavy (non-hydrogen) atoms. The van der Waals surface area contributed by atoms with Gasteiger partial charge in [0.15, 0.2) is 0 Å². The molecule has 0 unspecified atom stereocenters. The molecule has 0 saturated carbocycles. The number of hydrogen-bond donors (Lipinski definition) is 2. The third-order valence-electron chi connectivity index (χ3n) is 3.61. The summed E-state index contributed by atoms with van der Waals surface area (Å²) < 4.78 is 27.2. The van der Waals surface area contributed by atoms with Crippen LogP contribution in [-0.2, 0) is 25.0 Å². The third kappa shape index (κ3) is 5.31. The van der Waals surface area contributed by atoms with E-state index in [2.05, 4.69) is 4.72 Å². The molecule has 0 aliphatic rings. The average Bonchev–Trinajstić information content (AvgIpc) is 2.41. The summed E-state index contributed by atoms with van der Waals surface area (Å²) in [5, 5.41) is 11.1. The topological polar surface area (TPSA) is 129 Å². The molecule has 0 spiro atoms. The molecule has 0 saturated heterocycles. The number of carbonyl (C=O) groups is 2. The lowest BCUT2D eigenvalue weighted by atomic mass is 9.87. The fourth-order valence-electron chi connectivity index (χ4n) is 2.12. The summed E-state index contributed by atoms with van der Waals surface area (Å²) in [7, 11) is -4.09. The summed E-state index contributed by atoms with van der Waals surface area (Å²) in [5.41, 5.74) is 6.00. The number of nitrogens with two attached hydrogens (primary N) is 1. The number of carboxylic acid groups (broad SMARTS) is 1. The number of rotatable bonds is 7. The van der Waals surface area contributed by atoms with Crippen molar-refractivity contribution >= 4 is 21.9 Å². The molecule has 1 aromatic carbocycles. The Hall–Kier alpha value is -1.93. The molecule has 8 heteroatoms. The van der Waals surface area contributed by atoms with Crippen molar-refractivity contribution in [2.24, 2.45) is 5.73 Å². The van der Waals surface area contributed by atoms with Crippen LogP contribution in [0.25, 0.3) is 0 Å². The smallest absolute Gasteiger partial charge is 0.241 e. The lowest BCUT2D eigenvalue weighted by molar-refractivity contribution is -0.308. The van der Waals surface area contributed by atoms with Gasteiger partial charge in [0.05, 0.1) is 16.9 Å². The van der Waals surface area contributed by atoms with Crippen molar-refractivity contribution in [3.63, 3.8) is 0 Å². The van der Waals surface area contributed by atoms with E-state index >= 15 is 0 Å². The van der Waals surface area contributed by atoms with Gasteiger partial charge in [0.1, 0.15) is 0 Å². The van der Waals surface area contributed by atoms with Crippen LogP contribution in [0.1, 0.15) is 44.7 Å². The fourth-order valence-corrected chi connectivity index (χ4v) is 3.61. The quantitative estimate of drug-likeness (QED) is 0.708. The summed E-state index contributed by atoms with van der Waals surface area (Å²) >= 11 is 0. The fraction of sp³-hybridized carbons (Fsp3) is 0.500. The van der Waals surface area contributed by atoms with Crippen molar-refractivity contribution in [1.82, 2.24) is 4.72 Å². The number of benzene rings is 1. The Morgan fingerprint density at radius 2 is 1.88 bits per heavy atom. The molecule has 0 aromatic heterocycles. The number of carbonyl (C=O) groups excluding carboxylic acids is 2. The SMILES string of the molecule is Cc1ccc(C(C)(C)C)cc1S(=O)(=O)N[C@@H](CCC(N)=O)C(=O)[O-]. The molecule has 1 aromatic rings. The average molecular weight is 355 g/mol. The van der Waals surface area contributed by atoms with Crippen molar-refractivity contribution < 1.29 is 23.1 Å². The molecule has 134 valence electrons. The molecule has 0 fully saturated rings. The Labute approximate surface area is 142 Å². The van der Waals surface area contributed by atoms with Crippen LogP contribution >= 0.6 is 0 Å². The van der Waals surface area contributed by atoms with Crippen molar-refractivity contribution in [3.05, 3.63) is 29.3 Å². The zero-order valence-corrected chi connectivity index (χ0v) is 15.1. The molecule has 0 bridgehead atoms. The number of aryl methyl sites for hydroxylation is 1. The van der Waals surface area contributed by atoms with Gasteiger partial charge in [-0.15, -0.1) is 0 Å². The second-order valence-electron chi connectivity index (χ2n) is 6.73. The molecule has 1 atom stereocenters. The Morgan fingerprint density at radius 1 is 1.29 bits per heavy atom. The van der Waals surface area contributed by atoms with E-state index in [0.717, 1.165) is 5.56 Å². The number of carboxylic acids is 1. The normalized spacial score (nSPS) is 13.5. The molecule has 3 N–H and O–H groups in total. The van der Waals surface area contributed by atoms with E-state index in [1.807, 2.05) is 26.8 Å². The van der Waals surface area contributed by atoms with E-state index in [1.165, 1.54) is 6.07 Å². The lowest BCUT2D eigenvalue weighted by Crippen LogP contribution is -2.48. The first-order valence-electron chi connectivity index (χ1n) is 7.47. The summed E-state index contributed by atoms with van der Waals surface area (Å²) in [4.78, 5) is 21.9. The second-order valence-corrected chi connectivity index (χ2v) is 8.41. The molecule has 7 nitrogen and oxygen atoms in total. The predicted molar refractivity (Wildman–Crippen MR) is 87.4 cm³/mol. The lowest BCUT2D eigenvalue weighted by Gasteiger charge is -2.23. The maximum Gasteiger partial charge on any atom is 0.241 e. The van der Waals surface area contributed by atoms with Crippen LogP contribution in [0, 0.1) is 6.92 Å². The molecule has 0 aliphatic carbocycles. The van der Waals surface area contributed by atoms with Crippen LogP contribution in [0.4, 0.5) is 0 Å². The van der Waals surface area contributed by atoms with E-state index in [4.69, 9.17) is 5.73 Å². The van der Waals surface area contributed by atoms with Crippen LogP contribution in [0.2, 0.25) is 0 Å². The minimum atomic E-state index is -4.09. The van der Waals surface area contributed by atoms with Gasteiger partial charge in [-0.2, -0.15) is 0 Å². The number of amides is 1. The van der Waals surface area contributed by atoms with Gasteiger partial charge in [-0.05, 0) is 36.0 Å². The van der Waals surface area contributed by atoms with Gasteiger partial charge in [0.25, 0.3) is 0 Å². The molecule has 0 heterocycles. The van der Waals surface area contributed by atoms with E-state index < -0.39 is 27.9 Å². The molecule has 0 aliphatic heterocycles. The Bertz CT molecular complexity index is 735. The minimum Gasteiger partial charge on any atom is -0.548 e. The predicted octanol–water partition coefficient (Wildman–Crippen LogP) is -0.0452. The van der Waals surface area contributed by atoms with Gasteiger partial charge in [0.2, 0.25) is 15.9 Å². The summed E-state index contributed by atoms with van der Waals surface area (Å²) in [6, 6.07) is 3.50. The molecular formula is C16H23N2O5S-. The van der Waals surface area contributed by atoms with Gasteiger partial charge in [-0.3, -0.25) is 4.79 Å². The number of hydrogen-bond acceptors (Lipinski definition) is 5. The highest BCUT2D eigenvalue weighted by atomic mass is 32.2. The maximum atomic E-state index is 12.6. The van der Waals surface area contributed by atoms with Crippen LogP contribution in [0.3, 0.4) is 0 Å². The number of sulfonamides is 1. The summed E-state index contributed by atoms with van der Waals surface area (Å²) in [6.07, 6.45) is -0.531.